The van der Waals surface area contributed by atoms with Crippen LogP contribution in [-0.2, 0) is 13.2 Å². The van der Waals surface area contributed by atoms with Crippen LogP contribution in [0, 0.1) is 20.8 Å². The average molecular weight is 267 g/mol. The van der Waals surface area contributed by atoms with E-state index in [0.717, 1.165) is 22.3 Å². The summed E-state index contributed by atoms with van der Waals surface area (Å²) in [7, 11) is 0. The van der Waals surface area contributed by atoms with Crippen LogP contribution >= 0.6 is 0 Å². The molecule has 2 heteroatoms. The third-order valence-electron chi connectivity index (χ3n) is 3.31. The normalized spacial score (nSPS) is 11.2. The minimum absolute atomic E-state index is 0.0788. The van der Waals surface area contributed by atoms with Crippen LogP contribution in [0.2, 0.25) is 0 Å². The van der Waals surface area contributed by atoms with Gasteiger partial charge in [0.1, 0.15) is 0 Å². The maximum absolute atomic E-state index is 9.21. The van der Waals surface area contributed by atoms with Crippen LogP contribution in [0.5, 0.6) is 0 Å². The second kappa shape index (κ2) is 6.49. The lowest BCUT2D eigenvalue weighted by Crippen LogP contribution is -1.92. The van der Waals surface area contributed by atoms with Crippen LogP contribution in [0.4, 0.5) is 0 Å². The van der Waals surface area contributed by atoms with Gasteiger partial charge < -0.3 is 5.11 Å². The van der Waals surface area contributed by atoms with Crippen molar-refractivity contribution in [1.29, 1.82) is 0 Å². The molecular weight excluding hydrogens is 246 g/mol. The highest BCUT2D eigenvalue weighted by Crippen LogP contribution is 2.12. The van der Waals surface area contributed by atoms with Gasteiger partial charge in [-0.2, -0.15) is 0 Å². The molecule has 0 heterocycles. The van der Waals surface area contributed by atoms with Crippen molar-refractivity contribution < 1.29 is 5.11 Å². The Bertz CT molecular complexity index is 629. The van der Waals surface area contributed by atoms with Gasteiger partial charge in [0.05, 0.1) is 13.2 Å². The molecule has 0 aromatic heterocycles. The Morgan fingerprint density at radius 2 is 1.70 bits per heavy atom. The van der Waals surface area contributed by atoms with Crippen LogP contribution in [0.15, 0.2) is 41.4 Å². The molecule has 20 heavy (non-hydrogen) atoms. The zero-order chi connectivity index (χ0) is 14.5. The fraction of sp³-hybridized carbons (Fsp3) is 0.278. The molecule has 2 aromatic rings. The molecule has 0 atom stereocenters. The second-order valence-corrected chi connectivity index (χ2v) is 5.31. The van der Waals surface area contributed by atoms with Gasteiger partial charge in [-0.1, -0.05) is 47.5 Å². The number of aliphatic hydroxyl groups excluding tert-OH is 1. The summed E-state index contributed by atoms with van der Waals surface area (Å²) < 4.78 is 0. The Hall–Kier alpha value is -1.93. The summed E-state index contributed by atoms with van der Waals surface area (Å²) in [6, 6.07) is 12.5. The molecule has 0 radical (unpaired) electrons. The third-order valence-corrected chi connectivity index (χ3v) is 3.31. The minimum Gasteiger partial charge on any atom is -0.392 e. The van der Waals surface area contributed by atoms with Gasteiger partial charge in [0.2, 0.25) is 0 Å². The van der Waals surface area contributed by atoms with Crippen molar-refractivity contribution in [2.24, 2.45) is 4.99 Å². The third kappa shape index (κ3) is 3.78. The first-order valence-corrected chi connectivity index (χ1v) is 6.86. The Morgan fingerprint density at radius 1 is 0.950 bits per heavy atom. The van der Waals surface area contributed by atoms with E-state index in [1.54, 1.807) is 0 Å². The van der Waals surface area contributed by atoms with Gasteiger partial charge in [-0.05, 0) is 43.0 Å². The highest BCUT2D eigenvalue weighted by atomic mass is 16.3. The first-order chi connectivity index (χ1) is 9.58. The molecule has 104 valence electrons. The maximum atomic E-state index is 9.21. The van der Waals surface area contributed by atoms with Gasteiger partial charge in [0, 0.05) is 6.21 Å². The summed E-state index contributed by atoms with van der Waals surface area (Å²) in [5.41, 5.74) is 6.91. The summed E-state index contributed by atoms with van der Waals surface area (Å²) in [6.45, 7) is 6.95. The van der Waals surface area contributed by atoms with Gasteiger partial charge in [-0.3, -0.25) is 4.99 Å². The number of hydrogen-bond donors (Lipinski definition) is 1. The van der Waals surface area contributed by atoms with Crippen molar-refractivity contribution in [3.63, 3.8) is 0 Å². The van der Waals surface area contributed by atoms with Gasteiger partial charge in [-0.25, -0.2) is 0 Å². The predicted molar refractivity (Wildman–Crippen MR) is 84.3 cm³/mol. The molecule has 0 saturated carbocycles. The average Bonchev–Trinajstić information content (AvgIpc) is 2.40. The smallest absolute Gasteiger partial charge is 0.0682 e. The molecule has 0 bridgehead atoms. The highest BCUT2D eigenvalue weighted by Gasteiger charge is 1.98. The minimum atomic E-state index is 0.0788. The largest absolute Gasteiger partial charge is 0.392 e. The first-order valence-electron chi connectivity index (χ1n) is 6.86. The number of nitrogens with zero attached hydrogens (tertiary/aromatic N) is 1. The SMILES string of the molecule is Cc1cc(CO)cc(CN=Cc2ccc(C)cc2C)c1. The summed E-state index contributed by atoms with van der Waals surface area (Å²) in [4.78, 5) is 4.51. The molecule has 2 nitrogen and oxygen atoms in total. The van der Waals surface area contributed by atoms with Crippen molar-refractivity contribution in [3.8, 4) is 0 Å². The maximum Gasteiger partial charge on any atom is 0.0682 e. The van der Waals surface area contributed by atoms with E-state index >= 15 is 0 Å². The van der Waals surface area contributed by atoms with Crippen LogP contribution in [0.1, 0.15) is 33.4 Å². The van der Waals surface area contributed by atoms with E-state index in [1.165, 1.54) is 11.1 Å². The Balaban J connectivity index is 2.11. The van der Waals surface area contributed by atoms with Crippen LogP contribution in [0.3, 0.4) is 0 Å². The highest BCUT2D eigenvalue weighted by molar-refractivity contribution is 5.81. The van der Waals surface area contributed by atoms with E-state index in [4.69, 9.17) is 0 Å². The topological polar surface area (TPSA) is 32.6 Å². The van der Waals surface area contributed by atoms with E-state index in [2.05, 4.69) is 43.1 Å². The Kier molecular flexibility index (Phi) is 4.70. The zero-order valence-electron chi connectivity index (χ0n) is 12.4. The van der Waals surface area contributed by atoms with Crippen LogP contribution in [0.25, 0.3) is 0 Å². The van der Waals surface area contributed by atoms with Crippen molar-refractivity contribution >= 4 is 6.21 Å². The lowest BCUT2D eigenvalue weighted by Gasteiger charge is -2.04. The zero-order valence-corrected chi connectivity index (χ0v) is 12.4. The Morgan fingerprint density at radius 3 is 2.40 bits per heavy atom. The molecule has 0 fully saturated rings. The van der Waals surface area contributed by atoms with Crippen molar-refractivity contribution in [3.05, 3.63) is 69.8 Å². The molecule has 2 aromatic carbocycles. The lowest BCUT2D eigenvalue weighted by atomic mass is 10.1. The molecule has 0 unspecified atom stereocenters. The molecule has 0 aliphatic rings. The van der Waals surface area contributed by atoms with E-state index in [-0.39, 0.29) is 6.61 Å². The molecule has 0 amide bonds. The summed E-state index contributed by atoms with van der Waals surface area (Å²) in [6.07, 6.45) is 1.93. The molecule has 0 spiro atoms. The van der Waals surface area contributed by atoms with Crippen molar-refractivity contribution in [2.45, 2.75) is 33.9 Å². The number of aliphatic hydroxyl groups is 1. The molecule has 0 aliphatic heterocycles. The van der Waals surface area contributed by atoms with E-state index < -0.39 is 0 Å². The van der Waals surface area contributed by atoms with E-state index in [0.29, 0.717) is 6.54 Å². The molecule has 0 aliphatic carbocycles. The van der Waals surface area contributed by atoms with Gasteiger partial charge in [0.25, 0.3) is 0 Å². The Labute approximate surface area is 120 Å². The summed E-state index contributed by atoms with van der Waals surface area (Å²) in [5.74, 6) is 0. The van der Waals surface area contributed by atoms with E-state index in [9.17, 15) is 5.11 Å². The number of aliphatic imine (C=N–C) groups is 1. The summed E-state index contributed by atoms with van der Waals surface area (Å²) in [5, 5.41) is 9.21. The second-order valence-electron chi connectivity index (χ2n) is 5.31. The number of aryl methyl sites for hydroxylation is 3. The molecular formula is C18H21NO. The number of benzene rings is 2. The molecule has 0 saturated heterocycles. The van der Waals surface area contributed by atoms with Gasteiger partial charge >= 0.3 is 0 Å². The monoisotopic (exact) mass is 267 g/mol. The number of rotatable bonds is 4. The van der Waals surface area contributed by atoms with Crippen molar-refractivity contribution in [2.75, 3.05) is 0 Å². The summed E-state index contributed by atoms with van der Waals surface area (Å²) >= 11 is 0. The number of hydrogen-bond acceptors (Lipinski definition) is 2. The van der Waals surface area contributed by atoms with Gasteiger partial charge in [0.15, 0.2) is 0 Å². The van der Waals surface area contributed by atoms with E-state index in [1.807, 2.05) is 25.3 Å². The fourth-order valence-electron chi connectivity index (χ4n) is 2.35. The van der Waals surface area contributed by atoms with Crippen LogP contribution in [-0.4, -0.2) is 11.3 Å². The molecule has 1 N–H and O–H groups in total. The first kappa shape index (κ1) is 14.5. The fourth-order valence-corrected chi connectivity index (χ4v) is 2.35. The van der Waals surface area contributed by atoms with Crippen LogP contribution < -0.4 is 0 Å². The van der Waals surface area contributed by atoms with Crippen molar-refractivity contribution in [1.82, 2.24) is 0 Å². The standard InChI is InChI=1S/C18H21NO/c1-13-4-5-18(15(3)6-13)11-19-10-16-7-14(2)8-17(9-16)12-20/h4-9,11,20H,10,12H2,1-3H3. The molecule has 2 rings (SSSR count). The quantitative estimate of drug-likeness (QED) is 0.841. The lowest BCUT2D eigenvalue weighted by molar-refractivity contribution is 0.281. The predicted octanol–water partition coefficient (Wildman–Crippen LogP) is 3.72. The van der Waals surface area contributed by atoms with Gasteiger partial charge in [-0.15, -0.1) is 0 Å².